The first kappa shape index (κ1) is 52.1. The molecule has 0 aliphatic carbocycles. The third-order valence-corrected chi connectivity index (χ3v) is 10.4. The van der Waals surface area contributed by atoms with Crippen molar-refractivity contribution < 1.29 is 24.5 Å². The zero-order chi connectivity index (χ0) is 39.4. The Morgan fingerprint density at radius 1 is 0.500 bits per heavy atom. The molecule has 316 valence electrons. The quantitative estimate of drug-likeness (QED) is 0.0327. The fraction of sp³-hybridized carbons (Fsp3) is 0.833. The minimum atomic E-state index is -0.865. The standard InChI is InChI=1S/C48H89NO5/c1-3-5-7-9-11-13-15-17-19-20-24-28-32-36-40-46(51)45(44-50)49-47(52)41-37-33-29-25-22-23-27-31-35-39-43-54-48(53)42-38-34-30-26-21-18-16-14-12-10-8-6-4-2/h14,16,23,27,36,40,45-46,50-51H,3-13,15,17-22,24-26,28-35,37-39,41-44H2,1-2H3,(H,49,52)/b16-14-,27-23-,40-36+. The van der Waals surface area contributed by atoms with Crippen LogP contribution in [-0.2, 0) is 14.3 Å². The van der Waals surface area contributed by atoms with Gasteiger partial charge in [-0.25, -0.2) is 0 Å². The van der Waals surface area contributed by atoms with E-state index in [2.05, 4.69) is 43.5 Å². The Morgan fingerprint density at radius 3 is 1.33 bits per heavy atom. The number of carbonyl (C=O) groups is 2. The third kappa shape index (κ3) is 39.8. The predicted molar refractivity (Wildman–Crippen MR) is 232 cm³/mol. The molecule has 2 atom stereocenters. The van der Waals surface area contributed by atoms with Crippen LogP contribution in [0.2, 0.25) is 0 Å². The molecular weight excluding hydrogens is 671 g/mol. The van der Waals surface area contributed by atoms with Crippen LogP contribution in [0, 0.1) is 0 Å². The summed E-state index contributed by atoms with van der Waals surface area (Å²) in [5.74, 6) is -0.155. The molecule has 0 aliphatic rings. The normalized spacial score (nSPS) is 13.0. The summed E-state index contributed by atoms with van der Waals surface area (Å²) in [4.78, 5) is 24.4. The van der Waals surface area contributed by atoms with Crippen molar-refractivity contribution in [3.63, 3.8) is 0 Å². The van der Waals surface area contributed by atoms with E-state index in [0.717, 1.165) is 77.0 Å². The summed E-state index contributed by atoms with van der Waals surface area (Å²) >= 11 is 0. The van der Waals surface area contributed by atoms with Crippen molar-refractivity contribution in [2.24, 2.45) is 0 Å². The maximum Gasteiger partial charge on any atom is 0.305 e. The Morgan fingerprint density at radius 2 is 0.870 bits per heavy atom. The molecule has 6 heteroatoms. The smallest absolute Gasteiger partial charge is 0.305 e. The van der Waals surface area contributed by atoms with Crippen molar-refractivity contribution in [2.75, 3.05) is 13.2 Å². The lowest BCUT2D eigenvalue weighted by Gasteiger charge is -2.20. The maximum absolute atomic E-state index is 12.4. The molecule has 0 fully saturated rings. The Bertz CT molecular complexity index is 884. The van der Waals surface area contributed by atoms with E-state index in [-0.39, 0.29) is 18.5 Å². The lowest BCUT2D eigenvalue weighted by Crippen LogP contribution is -2.45. The van der Waals surface area contributed by atoms with E-state index in [0.29, 0.717) is 19.4 Å². The first-order valence-electron chi connectivity index (χ1n) is 23.3. The second kappa shape index (κ2) is 43.8. The highest BCUT2D eigenvalue weighted by atomic mass is 16.5. The van der Waals surface area contributed by atoms with Crippen molar-refractivity contribution in [1.82, 2.24) is 5.32 Å². The molecule has 54 heavy (non-hydrogen) atoms. The van der Waals surface area contributed by atoms with E-state index >= 15 is 0 Å². The van der Waals surface area contributed by atoms with Crippen LogP contribution in [0.25, 0.3) is 0 Å². The van der Waals surface area contributed by atoms with Crippen LogP contribution in [0.4, 0.5) is 0 Å². The second-order valence-corrected chi connectivity index (χ2v) is 15.7. The number of aliphatic hydroxyl groups is 2. The van der Waals surface area contributed by atoms with Crippen LogP contribution in [0.3, 0.4) is 0 Å². The van der Waals surface area contributed by atoms with Crippen molar-refractivity contribution in [3.8, 4) is 0 Å². The summed E-state index contributed by atoms with van der Waals surface area (Å²) in [7, 11) is 0. The number of hydrogen-bond acceptors (Lipinski definition) is 5. The van der Waals surface area contributed by atoms with Crippen LogP contribution in [0.5, 0.6) is 0 Å². The molecule has 2 unspecified atom stereocenters. The van der Waals surface area contributed by atoms with Gasteiger partial charge in [0.05, 0.1) is 25.4 Å². The number of rotatable bonds is 42. The summed E-state index contributed by atoms with van der Waals surface area (Å²) in [6.45, 7) is 4.77. The molecule has 0 aliphatic heterocycles. The average Bonchev–Trinajstić information content (AvgIpc) is 3.17. The lowest BCUT2D eigenvalue weighted by atomic mass is 10.0. The van der Waals surface area contributed by atoms with Crippen molar-refractivity contribution in [2.45, 2.75) is 244 Å². The van der Waals surface area contributed by atoms with Crippen LogP contribution in [0.1, 0.15) is 232 Å². The molecule has 0 aromatic rings. The van der Waals surface area contributed by atoms with Crippen molar-refractivity contribution in [1.29, 1.82) is 0 Å². The second-order valence-electron chi connectivity index (χ2n) is 15.7. The molecule has 0 bridgehead atoms. The van der Waals surface area contributed by atoms with Crippen LogP contribution >= 0.6 is 0 Å². The lowest BCUT2D eigenvalue weighted by molar-refractivity contribution is -0.143. The van der Waals surface area contributed by atoms with Gasteiger partial charge in [0.1, 0.15) is 0 Å². The van der Waals surface area contributed by atoms with Gasteiger partial charge in [-0.3, -0.25) is 9.59 Å². The molecule has 3 N–H and O–H groups in total. The Balaban J connectivity index is 3.60. The first-order chi connectivity index (χ1) is 26.5. The molecule has 1 amide bonds. The highest BCUT2D eigenvalue weighted by molar-refractivity contribution is 5.76. The average molecular weight is 760 g/mol. The van der Waals surface area contributed by atoms with Gasteiger partial charge in [0.15, 0.2) is 0 Å². The number of allylic oxidation sites excluding steroid dienone is 5. The molecule has 0 radical (unpaired) electrons. The fourth-order valence-corrected chi connectivity index (χ4v) is 6.74. The zero-order valence-electron chi connectivity index (χ0n) is 35.7. The largest absolute Gasteiger partial charge is 0.466 e. The van der Waals surface area contributed by atoms with Gasteiger partial charge in [0, 0.05) is 12.8 Å². The van der Waals surface area contributed by atoms with E-state index < -0.39 is 12.1 Å². The minimum Gasteiger partial charge on any atom is -0.466 e. The van der Waals surface area contributed by atoms with Gasteiger partial charge in [-0.2, -0.15) is 0 Å². The topological polar surface area (TPSA) is 95.9 Å². The number of ether oxygens (including phenoxy) is 1. The van der Waals surface area contributed by atoms with Gasteiger partial charge in [-0.05, 0) is 83.5 Å². The van der Waals surface area contributed by atoms with Crippen molar-refractivity contribution >= 4 is 11.9 Å². The van der Waals surface area contributed by atoms with E-state index in [1.807, 2.05) is 6.08 Å². The van der Waals surface area contributed by atoms with Crippen LogP contribution in [0.15, 0.2) is 36.5 Å². The Hall–Kier alpha value is -1.92. The number of esters is 1. The number of amides is 1. The van der Waals surface area contributed by atoms with E-state index in [4.69, 9.17) is 4.74 Å². The van der Waals surface area contributed by atoms with Gasteiger partial charge in [0.2, 0.25) is 5.91 Å². The first-order valence-corrected chi connectivity index (χ1v) is 23.3. The Labute approximate surface area is 334 Å². The minimum absolute atomic E-state index is 0.0487. The van der Waals surface area contributed by atoms with Crippen LogP contribution in [-0.4, -0.2) is 47.4 Å². The summed E-state index contributed by atoms with van der Waals surface area (Å²) in [5, 5.41) is 23.0. The number of hydrogen-bond donors (Lipinski definition) is 3. The number of carbonyl (C=O) groups excluding carboxylic acids is 2. The monoisotopic (exact) mass is 760 g/mol. The maximum atomic E-state index is 12.4. The van der Waals surface area contributed by atoms with Crippen LogP contribution < -0.4 is 5.32 Å². The summed E-state index contributed by atoms with van der Waals surface area (Å²) < 4.78 is 5.41. The molecule has 0 saturated heterocycles. The summed E-state index contributed by atoms with van der Waals surface area (Å²) in [6, 6.07) is -0.653. The highest BCUT2D eigenvalue weighted by Crippen LogP contribution is 2.14. The van der Waals surface area contributed by atoms with E-state index in [9.17, 15) is 19.8 Å². The fourth-order valence-electron chi connectivity index (χ4n) is 6.74. The zero-order valence-corrected chi connectivity index (χ0v) is 35.7. The molecule has 0 aromatic heterocycles. The molecule has 6 nitrogen and oxygen atoms in total. The third-order valence-electron chi connectivity index (χ3n) is 10.4. The van der Waals surface area contributed by atoms with Gasteiger partial charge in [-0.1, -0.05) is 172 Å². The molecule has 0 spiro atoms. The van der Waals surface area contributed by atoms with Gasteiger partial charge < -0.3 is 20.3 Å². The molecule has 0 heterocycles. The number of aliphatic hydroxyl groups excluding tert-OH is 2. The van der Waals surface area contributed by atoms with Crippen molar-refractivity contribution in [3.05, 3.63) is 36.5 Å². The van der Waals surface area contributed by atoms with E-state index in [1.54, 1.807) is 6.08 Å². The molecule has 0 saturated carbocycles. The molecule has 0 aromatic carbocycles. The SMILES string of the molecule is CCCCCC/C=C\CCCCCCCC(=O)OCCCC/C=C\CCCCCCC(=O)NC(CO)C(O)/C=C/CCCCCCCCCCCCCC. The number of unbranched alkanes of at least 4 members (excludes halogenated alkanes) is 27. The predicted octanol–water partition coefficient (Wildman–Crippen LogP) is 13.3. The van der Waals surface area contributed by atoms with Gasteiger partial charge in [0.25, 0.3) is 0 Å². The highest BCUT2D eigenvalue weighted by Gasteiger charge is 2.18. The molecular formula is C48H89NO5. The summed E-state index contributed by atoms with van der Waals surface area (Å²) in [5.41, 5.74) is 0. The van der Waals surface area contributed by atoms with E-state index in [1.165, 1.54) is 128 Å². The molecule has 0 rings (SSSR count). The summed E-state index contributed by atoms with van der Waals surface area (Å²) in [6.07, 6.45) is 51.3. The number of nitrogens with one attached hydrogen (secondary N) is 1. The van der Waals surface area contributed by atoms with Gasteiger partial charge >= 0.3 is 5.97 Å². The Kier molecular flexibility index (Phi) is 42.2. The van der Waals surface area contributed by atoms with Gasteiger partial charge in [-0.15, -0.1) is 0 Å².